The predicted octanol–water partition coefficient (Wildman–Crippen LogP) is 2.66. The van der Waals surface area contributed by atoms with E-state index in [1.165, 1.54) is 16.8 Å². The Bertz CT molecular complexity index is 371. The lowest BCUT2D eigenvalue weighted by Crippen LogP contribution is -2.29. The van der Waals surface area contributed by atoms with Crippen molar-refractivity contribution in [3.05, 3.63) is 29.3 Å². The zero-order valence-corrected chi connectivity index (χ0v) is 10.5. The van der Waals surface area contributed by atoms with Crippen LogP contribution in [-0.2, 0) is 0 Å². The van der Waals surface area contributed by atoms with Crippen LogP contribution < -0.4 is 10.6 Å². The SMILES string of the molecule is Cc1ccc2c(c1)C(CCN)CN2C(C)C. The molecule has 0 aliphatic carbocycles. The van der Waals surface area contributed by atoms with Crippen molar-refractivity contribution in [2.45, 2.75) is 39.2 Å². The molecule has 16 heavy (non-hydrogen) atoms. The van der Waals surface area contributed by atoms with E-state index >= 15 is 0 Å². The molecule has 2 heteroatoms. The minimum Gasteiger partial charge on any atom is -0.368 e. The van der Waals surface area contributed by atoms with Crippen LogP contribution in [0, 0.1) is 6.92 Å². The van der Waals surface area contributed by atoms with Crippen LogP contribution >= 0.6 is 0 Å². The number of rotatable bonds is 3. The number of anilines is 1. The molecular formula is C14H22N2. The van der Waals surface area contributed by atoms with Gasteiger partial charge in [-0.25, -0.2) is 0 Å². The van der Waals surface area contributed by atoms with E-state index in [2.05, 4.69) is 43.9 Å². The lowest BCUT2D eigenvalue weighted by Gasteiger charge is -2.24. The summed E-state index contributed by atoms with van der Waals surface area (Å²) in [5, 5.41) is 0. The summed E-state index contributed by atoms with van der Waals surface area (Å²) in [7, 11) is 0. The Morgan fingerprint density at radius 3 is 2.81 bits per heavy atom. The zero-order valence-electron chi connectivity index (χ0n) is 10.5. The van der Waals surface area contributed by atoms with Gasteiger partial charge in [-0.2, -0.15) is 0 Å². The maximum absolute atomic E-state index is 5.71. The molecule has 0 bridgehead atoms. The van der Waals surface area contributed by atoms with Gasteiger partial charge in [0.1, 0.15) is 0 Å². The Labute approximate surface area is 98.4 Å². The molecule has 1 aliphatic heterocycles. The highest BCUT2D eigenvalue weighted by Crippen LogP contribution is 2.39. The minimum atomic E-state index is 0.573. The second-order valence-electron chi connectivity index (χ2n) is 5.08. The van der Waals surface area contributed by atoms with Gasteiger partial charge in [-0.05, 0) is 45.4 Å². The van der Waals surface area contributed by atoms with Crippen molar-refractivity contribution >= 4 is 5.69 Å². The molecule has 0 fully saturated rings. The Kier molecular flexibility index (Phi) is 3.20. The van der Waals surface area contributed by atoms with Crippen molar-refractivity contribution in [2.24, 2.45) is 5.73 Å². The molecule has 2 nitrogen and oxygen atoms in total. The van der Waals surface area contributed by atoms with E-state index in [9.17, 15) is 0 Å². The van der Waals surface area contributed by atoms with Gasteiger partial charge in [0.25, 0.3) is 0 Å². The Balaban J connectivity index is 2.36. The smallest absolute Gasteiger partial charge is 0.0405 e. The van der Waals surface area contributed by atoms with E-state index in [1.807, 2.05) is 0 Å². The van der Waals surface area contributed by atoms with Gasteiger partial charge in [0, 0.05) is 24.2 Å². The Hall–Kier alpha value is -1.02. The van der Waals surface area contributed by atoms with Crippen LogP contribution in [0.1, 0.15) is 37.3 Å². The largest absolute Gasteiger partial charge is 0.368 e. The van der Waals surface area contributed by atoms with Gasteiger partial charge >= 0.3 is 0 Å². The van der Waals surface area contributed by atoms with E-state index in [1.54, 1.807) is 0 Å². The predicted molar refractivity (Wildman–Crippen MR) is 70.1 cm³/mol. The summed E-state index contributed by atoms with van der Waals surface area (Å²) < 4.78 is 0. The fourth-order valence-corrected chi connectivity index (χ4v) is 2.63. The minimum absolute atomic E-state index is 0.573. The molecule has 88 valence electrons. The summed E-state index contributed by atoms with van der Waals surface area (Å²) in [6.07, 6.45) is 1.10. The zero-order chi connectivity index (χ0) is 11.7. The van der Waals surface area contributed by atoms with E-state index < -0.39 is 0 Å². The summed E-state index contributed by atoms with van der Waals surface area (Å²) in [4.78, 5) is 2.50. The molecule has 1 aromatic carbocycles. The number of nitrogens with two attached hydrogens (primary N) is 1. The monoisotopic (exact) mass is 218 g/mol. The van der Waals surface area contributed by atoms with Crippen molar-refractivity contribution < 1.29 is 0 Å². The molecule has 1 heterocycles. The normalized spacial score (nSPS) is 19.3. The van der Waals surface area contributed by atoms with Crippen LogP contribution in [0.15, 0.2) is 18.2 Å². The van der Waals surface area contributed by atoms with Crippen molar-refractivity contribution in [3.63, 3.8) is 0 Å². The van der Waals surface area contributed by atoms with Crippen LogP contribution in [0.4, 0.5) is 5.69 Å². The van der Waals surface area contributed by atoms with Gasteiger partial charge in [0.15, 0.2) is 0 Å². The molecule has 1 unspecified atom stereocenters. The highest BCUT2D eigenvalue weighted by Gasteiger charge is 2.29. The van der Waals surface area contributed by atoms with Crippen molar-refractivity contribution in [1.29, 1.82) is 0 Å². The van der Waals surface area contributed by atoms with Gasteiger partial charge in [-0.15, -0.1) is 0 Å². The van der Waals surface area contributed by atoms with Gasteiger partial charge in [-0.3, -0.25) is 0 Å². The molecule has 2 N–H and O–H groups in total. The van der Waals surface area contributed by atoms with Crippen LogP contribution in [0.25, 0.3) is 0 Å². The molecule has 1 atom stereocenters. The fourth-order valence-electron chi connectivity index (χ4n) is 2.63. The molecule has 1 aliphatic rings. The molecule has 0 saturated carbocycles. The number of hydrogen-bond acceptors (Lipinski definition) is 2. The number of aryl methyl sites for hydroxylation is 1. The van der Waals surface area contributed by atoms with Gasteiger partial charge in [0.05, 0.1) is 0 Å². The van der Waals surface area contributed by atoms with Crippen molar-refractivity contribution in [3.8, 4) is 0 Å². The first kappa shape index (κ1) is 11.5. The molecule has 0 amide bonds. The third-order valence-corrected chi connectivity index (χ3v) is 3.49. The number of fused-ring (bicyclic) bond motifs is 1. The second kappa shape index (κ2) is 4.46. The topological polar surface area (TPSA) is 29.3 Å². The quantitative estimate of drug-likeness (QED) is 0.845. The lowest BCUT2D eigenvalue weighted by molar-refractivity contribution is 0.613. The first-order chi connectivity index (χ1) is 7.63. The fraction of sp³-hybridized carbons (Fsp3) is 0.571. The van der Waals surface area contributed by atoms with Crippen molar-refractivity contribution in [1.82, 2.24) is 0 Å². The first-order valence-corrected chi connectivity index (χ1v) is 6.20. The molecular weight excluding hydrogens is 196 g/mol. The lowest BCUT2D eigenvalue weighted by atomic mass is 9.97. The molecule has 0 spiro atoms. The van der Waals surface area contributed by atoms with Crippen LogP contribution in [-0.4, -0.2) is 19.1 Å². The van der Waals surface area contributed by atoms with Crippen molar-refractivity contribution in [2.75, 3.05) is 18.0 Å². The van der Waals surface area contributed by atoms with E-state index in [4.69, 9.17) is 5.73 Å². The average Bonchev–Trinajstić information content (AvgIpc) is 2.58. The molecule has 0 aromatic heterocycles. The molecule has 0 saturated heterocycles. The van der Waals surface area contributed by atoms with Crippen LogP contribution in [0.2, 0.25) is 0 Å². The van der Waals surface area contributed by atoms with Crippen LogP contribution in [0.5, 0.6) is 0 Å². The third-order valence-electron chi connectivity index (χ3n) is 3.49. The molecule has 1 aromatic rings. The third kappa shape index (κ3) is 1.94. The molecule has 2 rings (SSSR count). The van der Waals surface area contributed by atoms with Gasteiger partial charge < -0.3 is 10.6 Å². The summed E-state index contributed by atoms with van der Waals surface area (Å²) >= 11 is 0. The highest BCUT2D eigenvalue weighted by molar-refractivity contribution is 5.61. The summed E-state index contributed by atoms with van der Waals surface area (Å²) in [6.45, 7) is 8.60. The van der Waals surface area contributed by atoms with E-state index in [0.29, 0.717) is 12.0 Å². The summed E-state index contributed by atoms with van der Waals surface area (Å²) in [6, 6.07) is 7.38. The van der Waals surface area contributed by atoms with E-state index in [0.717, 1.165) is 19.5 Å². The second-order valence-corrected chi connectivity index (χ2v) is 5.08. The van der Waals surface area contributed by atoms with E-state index in [-0.39, 0.29) is 0 Å². The standard InChI is InChI=1S/C14H22N2/c1-10(2)16-9-12(6-7-15)13-8-11(3)4-5-14(13)16/h4-5,8,10,12H,6-7,9,15H2,1-3H3. The van der Waals surface area contributed by atoms with Gasteiger partial charge in [-0.1, -0.05) is 17.7 Å². The average molecular weight is 218 g/mol. The summed E-state index contributed by atoms with van der Waals surface area (Å²) in [5.41, 5.74) is 9.97. The first-order valence-electron chi connectivity index (χ1n) is 6.20. The number of benzene rings is 1. The number of nitrogens with zero attached hydrogens (tertiary/aromatic N) is 1. The Morgan fingerprint density at radius 2 is 2.19 bits per heavy atom. The molecule has 0 radical (unpaired) electrons. The van der Waals surface area contributed by atoms with Crippen LogP contribution in [0.3, 0.4) is 0 Å². The van der Waals surface area contributed by atoms with Gasteiger partial charge in [0.2, 0.25) is 0 Å². The maximum Gasteiger partial charge on any atom is 0.0405 e. The maximum atomic E-state index is 5.71. The Morgan fingerprint density at radius 1 is 1.44 bits per heavy atom. The summed E-state index contributed by atoms with van der Waals surface area (Å²) in [5.74, 6) is 0.627. The highest BCUT2D eigenvalue weighted by atomic mass is 15.2. The number of hydrogen-bond donors (Lipinski definition) is 1.